The minimum atomic E-state index is -2.75. The van der Waals surface area contributed by atoms with E-state index in [0.29, 0.717) is 21.1 Å². The molecule has 0 bridgehead atoms. The van der Waals surface area contributed by atoms with E-state index in [9.17, 15) is 19.3 Å². The van der Waals surface area contributed by atoms with Crippen LogP contribution >= 0.6 is 39.2 Å². The average Bonchev–Trinajstić information content (AvgIpc) is 2.70. The molecule has 11 heteroatoms. The van der Waals surface area contributed by atoms with E-state index in [1.54, 1.807) is 19.1 Å². The van der Waals surface area contributed by atoms with Crippen LogP contribution in [0.3, 0.4) is 0 Å². The van der Waals surface area contributed by atoms with Crippen LogP contribution in [0.4, 0.5) is 0 Å². The molecule has 0 saturated heterocycles. The molecule has 0 aliphatic heterocycles. The zero-order valence-electron chi connectivity index (χ0n) is 19.4. The van der Waals surface area contributed by atoms with Gasteiger partial charge in [-0.15, -0.1) is 0 Å². The van der Waals surface area contributed by atoms with Gasteiger partial charge in [-0.05, 0) is 87.0 Å². The molecule has 1 amide bonds. The zero-order chi connectivity index (χ0) is 25.6. The summed E-state index contributed by atoms with van der Waals surface area (Å²) in [6.07, 6.45) is 0.618. The molecule has 0 saturated carbocycles. The Morgan fingerprint density at radius 3 is 2.32 bits per heavy atom. The molecule has 2 aromatic carbocycles. The lowest BCUT2D eigenvalue weighted by atomic mass is 10.0. The van der Waals surface area contributed by atoms with Crippen molar-refractivity contribution in [1.82, 2.24) is 5.32 Å². The Bertz CT molecular complexity index is 1080. The summed E-state index contributed by atoms with van der Waals surface area (Å²) in [5.74, 6) is -0.569. The van der Waals surface area contributed by atoms with Crippen LogP contribution in [-0.2, 0) is 20.3 Å². The number of amides is 1. The molecule has 2 rings (SSSR count). The van der Waals surface area contributed by atoms with Gasteiger partial charge in [-0.3, -0.25) is 10.3 Å². The number of rotatable bonds is 10. The first-order valence-electron chi connectivity index (χ1n) is 10.6. The van der Waals surface area contributed by atoms with E-state index in [1.165, 1.54) is 24.9 Å². The summed E-state index contributed by atoms with van der Waals surface area (Å²) in [6.45, 7) is 7.26. The predicted molar refractivity (Wildman–Crippen MR) is 139 cm³/mol. The Morgan fingerprint density at radius 2 is 1.79 bits per heavy atom. The maximum atomic E-state index is 12.9. The standard InChI is InChI=1S/C23H29Br2N2O6P/c1-5-32-23(30)19(8-13(2)3)27-22(29)16-11-15(6-7-20(16)28)33-21-17(24)9-14(10-18(21)25)12-34(4,26)31/h6-7,9-11,13,19,28H,5,8,12H2,1-4H3,(H2,26,31)(H,27,29)/t19-,34?/m0/s1. The molecule has 0 aliphatic carbocycles. The average molecular weight is 620 g/mol. The maximum absolute atomic E-state index is 12.9. The number of carbonyl (C=O) groups is 2. The Hall–Kier alpha value is -1.87. The highest BCUT2D eigenvalue weighted by Crippen LogP contribution is 2.42. The van der Waals surface area contributed by atoms with Crippen LogP contribution in [0, 0.1) is 5.92 Å². The number of halogens is 2. The van der Waals surface area contributed by atoms with E-state index in [1.807, 2.05) is 13.8 Å². The van der Waals surface area contributed by atoms with Crippen molar-refractivity contribution < 1.29 is 28.7 Å². The molecule has 2 aromatic rings. The van der Waals surface area contributed by atoms with Gasteiger partial charge in [-0.1, -0.05) is 13.8 Å². The Morgan fingerprint density at radius 1 is 1.18 bits per heavy atom. The molecule has 1 unspecified atom stereocenters. The smallest absolute Gasteiger partial charge is 0.328 e. The number of hydrogen-bond donors (Lipinski definition) is 3. The van der Waals surface area contributed by atoms with Crippen LogP contribution in [0.5, 0.6) is 17.2 Å². The van der Waals surface area contributed by atoms with E-state index in [0.717, 1.165) is 5.56 Å². The summed E-state index contributed by atoms with van der Waals surface area (Å²) in [7, 11) is -2.75. The van der Waals surface area contributed by atoms with Crippen molar-refractivity contribution >= 4 is 51.0 Å². The molecule has 34 heavy (non-hydrogen) atoms. The fourth-order valence-corrected chi connectivity index (χ4v) is 5.56. The van der Waals surface area contributed by atoms with E-state index in [2.05, 4.69) is 37.2 Å². The quantitative estimate of drug-likeness (QED) is 0.227. The molecule has 8 nitrogen and oxygen atoms in total. The van der Waals surface area contributed by atoms with Crippen molar-refractivity contribution in [2.75, 3.05) is 13.3 Å². The first kappa shape index (κ1) is 28.4. The van der Waals surface area contributed by atoms with Gasteiger partial charge in [0.25, 0.3) is 5.91 Å². The van der Waals surface area contributed by atoms with E-state index < -0.39 is 25.2 Å². The Kier molecular flexibility index (Phi) is 10.2. The number of hydrogen-bond acceptors (Lipinski definition) is 6. The molecule has 0 heterocycles. The van der Waals surface area contributed by atoms with Gasteiger partial charge in [0, 0.05) is 12.8 Å². The topological polar surface area (TPSA) is 128 Å². The zero-order valence-corrected chi connectivity index (χ0v) is 23.5. The van der Waals surface area contributed by atoms with Gasteiger partial charge in [0.1, 0.15) is 24.8 Å². The molecule has 0 radical (unpaired) electrons. The van der Waals surface area contributed by atoms with Gasteiger partial charge in [0.2, 0.25) is 0 Å². The molecule has 0 aromatic heterocycles. The second-order valence-corrected chi connectivity index (χ2v) is 12.8. The number of nitrogens with two attached hydrogens (primary N) is 1. The van der Waals surface area contributed by atoms with Gasteiger partial charge in [-0.2, -0.15) is 0 Å². The number of phenols is 1. The van der Waals surface area contributed by atoms with E-state index in [4.69, 9.17) is 15.0 Å². The number of esters is 1. The van der Waals surface area contributed by atoms with Crippen LogP contribution in [-0.4, -0.2) is 36.3 Å². The highest BCUT2D eigenvalue weighted by molar-refractivity contribution is 9.11. The van der Waals surface area contributed by atoms with E-state index >= 15 is 0 Å². The van der Waals surface area contributed by atoms with Gasteiger partial charge in [0.05, 0.1) is 21.1 Å². The van der Waals surface area contributed by atoms with E-state index in [-0.39, 0.29) is 35.7 Å². The third-order valence-electron chi connectivity index (χ3n) is 4.57. The van der Waals surface area contributed by atoms with Crippen LogP contribution in [0.15, 0.2) is 39.3 Å². The fraction of sp³-hybridized carbons (Fsp3) is 0.391. The largest absolute Gasteiger partial charge is 0.507 e. The SMILES string of the molecule is CCOC(=O)[C@H](CC(C)C)NC(=O)c1cc(Oc2c(Br)cc(CP(C)(N)=O)cc2Br)ccc1O. The van der Waals surface area contributed by atoms with Crippen LogP contribution < -0.4 is 15.6 Å². The summed E-state index contributed by atoms with van der Waals surface area (Å²) >= 11 is 6.89. The third kappa shape index (κ3) is 8.41. The predicted octanol–water partition coefficient (Wildman–Crippen LogP) is 5.78. The second kappa shape index (κ2) is 12.2. The Balaban J connectivity index is 2.28. The molecule has 186 valence electrons. The summed E-state index contributed by atoms with van der Waals surface area (Å²) in [6, 6.07) is 6.90. The third-order valence-corrected chi connectivity index (χ3v) is 6.74. The summed E-state index contributed by atoms with van der Waals surface area (Å²) in [4.78, 5) is 25.2. The van der Waals surface area contributed by atoms with Crippen molar-refractivity contribution in [3.63, 3.8) is 0 Å². The highest BCUT2D eigenvalue weighted by Gasteiger charge is 2.25. The van der Waals surface area contributed by atoms with Gasteiger partial charge >= 0.3 is 5.97 Å². The minimum absolute atomic E-state index is 0.0468. The number of ether oxygens (including phenoxy) is 2. The summed E-state index contributed by atoms with van der Waals surface area (Å²) in [5.41, 5.74) is 6.41. The minimum Gasteiger partial charge on any atom is -0.507 e. The van der Waals surface area contributed by atoms with Crippen LogP contribution in [0.25, 0.3) is 0 Å². The molecule has 0 fully saturated rings. The van der Waals surface area contributed by atoms with Crippen LogP contribution in [0.1, 0.15) is 43.1 Å². The van der Waals surface area contributed by atoms with Crippen LogP contribution in [0.2, 0.25) is 0 Å². The monoisotopic (exact) mass is 618 g/mol. The Labute approximate surface area is 216 Å². The number of nitrogens with one attached hydrogen (secondary N) is 1. The molecule has 0 spiro atoms. The van der Waals surface area contributed by atoms with Crippen molar-refractivity contribution in [2.45, 2.75) is 39.4 Å². The number of aromatic hydroxyl groups is 1. The van der Waals surface area contributed by atoms with Gasteiger partial charge in [0.15, 0.2) is 5.75 Å². The number of carbonyl (C=O) groups excluding carboxylic acids is 2. The van der Waals surface area contributed by atoms with Crippen molar-refractivity contribution in [3.05, 3.63) is 50.4 Å². The van der Waals surface area contributed by atoms with Gasteiger partial charge in [-0.25, -0.2) is 4.79 Å². The fourth-order valence-electron chi connectivity index (χ4n) is 3.21. The lowest BCUT2D eigenvalue weighted by Crippen LogP contribution is -2.42. The second-order valence-electron chi connectivity index (χ2n) is 8.41. The lowest BCUT2D eigenvalue weighted by molar-refractivity contribution is -0.145. The maximum Gasteiger partial charge on any atom is 0.328 e. The van der Waals surface area contributed by atoms with Crippen molar-refractivity contribution in [1.29, 1.82) is 0 Å². The van der Waals surface area contributed by atoms with Gasteiger partial charge < -0.3 is 24.5 Å². The summed E-state index contributed by atoms with van der Waals surface area (Å²) in [5, 5.41) is 12.9. The molecule has 4 N–H and O–H groups in total. The number of benzene rings is 2. The molecular formula is C23H29Br2N2O6P. The molecule has 0 aliphatic rings. The number of phenolic OH excluding ortho intramolecular Hbond substituents is 1. The summed E-state index contributed by atoms with van der Waals surface area (Å²) < 4.78 is 24.1. The normalized spacial score (nSPS) is 13.8. The highest BCUT2D eigenvalue weighted by atomic mass is 79.9. The first-order chi connectivity index (χ1) is 15.8. The first-order valence-corrected chi connectivity index (χ1v) is 14.6. The van der Waals surface area contributed by atoms with Crippen molar-refractivity contribution in [2.24, 2.45) is 11.4 Å². The molecule has 2 atom stereocenters. The van der Waals surface area contributed by atoms with Crippen molar-refractivity contribution in [3.8, 4) is 17.2 Å². The molecular weight excluding hydrogens is 591 g/mol. The lowest BCUT2D eigenvalue weighted by Gasteiger charge is -2.19.